The van der Waals surface area contributed by atoms with Crippen LogP contribution in [0.4, 0.5) is 10.5 Å². The fourth-order valence-electron chi connectivity index (χ4n) is 2.52. The van der Waals surface area contributed by atoms with Gasteiger partial charge in [0.1, 0.15) is 12.4 Å². The molecule has 0 aromatic heterocycles. The zero-order valence-electron chi connectivity index (χ0n) is 16.4. The highest BCUT2D eigenvalue weighted by atomic mass is 16.5. The number of rotatable bonds is 7. The number of ether oxygens (including phenoxy) is 2. The fraction of sp³-hybridized carbons (Fsp3) is 0.286. The molecular weight excluding hydrogens is 360 g/mol. The van der Waals surface area contributed by atoms with Crippen molar-refractivity contribution in [2.24, 2.45) is 0 Å². The number of benzene rings is 2. The average molecular weight is 384 g/mol. The third-order valence-corrected chi connectivity index (χ3v) is 3.86. The molecule has 2 N–H and O–H groups in total. The molecule has 0 aliphatic heterocycles. The van der Waals surface area contributed by atoms with E-state index >= 15 is 0 Å². The molecule has 2 rings (SSSR count). The maximum atomic E-state index is 12.6. The Morgan fingerprint density at radius 1 is 1.07 bits per heavy atom. The number of para-hydroxylation sites is 1. The minimum atomic E-state index is -0.601. The first-order valence-electron chi connectivity index (χ1n) is 8.83. The Hall–Kier alpha value is -3.35. The van der Waals surface area contributed by atoms with E-state index in [4.69, 9.17) is 9.47 Å². The van der Waals surface area contributed by atoms with Crippen molar-refractivity contribution in [1.82, 2.24) is 5.32 Å². The zero-order valence-corrected chi connectivity index (χ0v) is 16.4. The van der Waals surface area contributed by atoms with Gasteiger partial charge in [0.25, 0.3) is 0 Å². The highest BCUT2D eigenvalue weighted by molar-refractivity contribution is 6.01. The maximum absolute atomic E-state index is 12.6. The highest BCUT2D eigenvalue weighted by Gasteiger charge is 2.16. The van der Waals surface area contributed by atoms with Crippen molar-refractivity contribution in [1.29, 1.82) is 0 Å². The molecule has 28 heavy (non-hydrogen) atoms. The number of anilines is 1. The Morgan fingerprint density at radius 2 is 1.79 bits per heavy atom. The first-order chi connectivity index (χ1) is 13.3. The average Bonchev–Trinajstić information content (AvgIpc) is 2.65. The molecule has 0 fully saturated rings. The van der Waals surface area contributed by atoms with E-state index in [2.05, 4.69) is 10.6 Å². The molecular formula is C21H24N2O5. The minimum Gasteiger partial charge on any atom is -0.496 e. The fourth-order valence-corrected chi connectivity index (χ4v) is 2.52. The summed E-state index contributed by atoms with van der Waals surface area (Å²) < 4.78 is 10.7. The molecule has 0 bridgehead atoms. The predicted octanol–water partition coefficient (Wildman–Crippen LogP) is 3.78. The first kappa shape index (κ1) is 21.0. The Bertz CT molecular complexity index is 877. The SMILES string of the molecule is COc1ccc(C(C)=O)cc1COC(=O)c1ccccc1NC(=O)NC(C)C. The molecule has 2 aromatic carbocycles. The van der Waals surface area contributed by atoms with Gasteiger partial charge >= 0.3 is 12.0 Å². The lowest BCUT2D eigenvalue weighted by Gasteiger charge is -2.14. The van der Waals surface area contributed by atoms with Crippen molar-refractivity contribution >= 4 is 23.5 Å². The summed E-state index contributed by atoms with van der Waals surface area (Å²) in [5, 5.41) is 5.34. The Balaban J connectivity index is 2.15. The van der Waals surface area contributed by atoms with E-state index in [0.29, 0.717) is 22.6 Å². The van der Waals surface area contributed by atoms with Crippen LogP contribution >= 0.6 is 0 Å². The molecule has 0 aliphatic carbocycles. The molecule has 0 saturated carbocycles. The number of hydrogen-bond donors (Lipinski definition) is 2. The number of carbonyl (C=O) groups excluding carboxylic acids is 3. The van der Waals surface area contributed by atoms with Gasteiger partial charge in [0.05, 0.1) is 18.4 Å². The Labute approximate surface area is 164 Å². The second kappa shape index (κ2) is 9.55. The molecule has 0 saturated heterocycles. The van der Waals surface area contributed by atoms with Gasteiger partial charge in [0.15, 0.2) is 5.78 Å². The molecule has 0 heterocycles. The van der Waals surface area contributed by atoms with Gasteiger partial charge in [0.2, 0.25) is 0 Å². The zero-order chi connectivity index (χ0) is 20.7. The topological polar surface area (TPSA) is 93.7 Å². The smallest absolute Gasteiger partial charge is 0.340 e. The van der Waals surface area contributed by atoms with E-state index in [1.807, 2.05) is 13.8 Å². The second-order valence-corrected chi connectivity index (χ2v) is 6.46. The van der Waals surface area contributed by atoms with Crippen molar-refractivity contribution in [2.45, 2.75) is 33.4 Å². The number of carbonyl (C=O) groups is 3. The molecule has 0 radical (unpaired) electrons. The van der Waals surface area contributed by atoms with Gasteiger partial charge in [-0.2, -0.15) is 0 Å². The molecule has 0 aliphatic rings. The van der Waals surface area contributed by atoms with Crippen LogP contribution in [0.5, 0.6) is 5.75 Å². The van der Waals surface area contributed by atoms with Gasteiger partial charge in [0, 0.05) is 17.2 Å². The van der Waals surface area contributed by atoms with E-state index < -0.39 is 12.0 Å². The van der Waals surface area contributed by atoms with Crippen LogP contribution in [-0.2, 0) is 11.3 Å². The summed E-state index contributed by atoms with van der Waals surface area (Å²) in [4.78, 5) is 36.1. The van der Waals surface area contributed by atoms with Crippen molar-refractivity contribution in [3.05, 3.63) is 59.2 Å². The number of nitrogens with one attached hydrogen (secondary N) is 2. The monoisotopic (exact) mass is 384 g/mol. The van der Waals surface area contributed by atoms with Crippen LogP contribution in [0, 0.1) is 0 Å². The second-order valence-electron chi connectivity index (χ2n) is 6.46. The van der Waals surface area contributed by atoms with Gasteiger partial charge < -0.3 is 20.1 Å². The Morgan fingerprint density at radius 3 is 2.43 bits per heavy atom. The van der Waals surface area contributed by atoms with Crippen molar-refractivity contribution in [3.8, 4) is 5.75 Å². The summed E-state index contributed by atoms with van der Waals surface area (Å²) in [6.45, 7) is 5.06. The van der Waals surface area contributed by atoms with E-state index in [1.165, 1.54) is 14.0 Å². The van der Waals surface area contributed by atoms with E-state index in [0.717, 1.165) is 0 Å². The van der Waals surface area contributed by atoms with Gasteiger partial charge in [-0.05, 0) is 51.1 Å². The Kier molecular flexibility index (Phi) is 7.14. The van der Waals surface area contributed by atoms with Crippen LogP contribution in [-0.4, -0.2) is 30.9 Å². The summed E-state index contributed by atoms with van der Waals surface area (Å²) in [5.74, 6) is -0.183. The van der Waals surface area contributed by atoms with Crippen LogP contribution in [0.25, 0.3) is 0 Å². The molecule has 2 aromatic rings. The molecule has 7 nitrogen and oxygen atoms in total. The van der Waals surface area contributed by atoms with Gasteiger partial charge in [-0.1, -0.05) is 12.1 Å². The van der Waals surface area contributed by atoms with Crippen molar-refractivity contribution in [3.63, 3.8) is 0 Å². The lowest BCUT2D eigenvalue weighted by molar-refractivity contribution is 0.0471. The molecule has 148 valence electrons. The predicted molar refractivity (Wildman–Crippen MR) is 106 cm³/mol. The summed E-state index contributed by atoms with van der Waals surface area (Å²) in [7, 11) is 1.50. The first-order valence-corrected chi connectivity index (χ1v) is 8.83. The van der Waals surface area contributed by atoms with Crippen LogP contribution in [0.15, 0.2) is 42.5 Å². The standard InChI is InChI=1S/C21H24N2O5/c1-13(2)22-21(26)23-18-8-6-5-7-17(18)20(25)28-12-16-11-15(14(3)24)9-10-19(16)27-4/h5-11,13H,12H2,1-4H3,(H2,22,23,26). The van der Waals surface area contributed by atoms with Crippen LogP contribution in [0.3, 0.4) is 0 Å². The highest BCUT2D eigenvalue weighted by Crippen LogP contribution is 2.23. The number of methoxy groups -OCH3 is 1. The number of Topliss-reactive ketones (excluding diaryl/α,β-unsaturated/α-hetero) is 1. The molecule has 2 amide bonds. The number of esters is 1. The maximum Gasteiger partial charge on any atom is 0.340 e. The minimum absolute atomic E-state index is 0.0415. The van der Waals surface area contributed by atoms with Crippen LogP contribution < -0.4 is 15.4 Å². The third-order valence-electron chi connectivity index (χ3n) is 3.86. The third kappa shape index (κ3) is 5.57. The largest absolute Gasteiger partial charge is 0.496 e. The summed E-state index contributed by atoms with van der Waals surface area (Å²) in [6.07, 6.45) is 0. The van der Waals surface area contributed by atoms with Gasteiger partial charge in [-0.15, -0.1) is 0 Å². The van der Waals surface area contributed by atoms with Crippen LogP contribution in [0.2, 0.25) is 0 Å². The number of urea groups is 1. The lowest BCUT2D eigenvalue weighted by atomic mass is 10.1. The quantitative estimate of drug-likeness (QED) is 0.560. The van der Waals surface area contributed by atoms with E-state index in [9.17, 15) is 14.4 Å². The summed E-state index contributed by atoms with van der Waals surface area (Å²) in [5.41, 5.74) is 1.64. The lowest BCUT2D eigenvalue weighted by Crippen LogP contribution is -2.34. The van der Waals surface area contributed by atoms with Crippen molar-refractivity contribution < 1.29 is 23.9 Å². The normalized spacial score (nSPS) is 10.3. The summed E-state index contributed by atoms with van der Waals surface area (Å²) in [6, 6.07) is 11.1. The molecule has 0 spiro atoms. The van der Waals surface area contributed by atoms with E-state index in [1.54, 1.807) is 42.5 Å². The molecule has 0 unspecified atom stereocenters. The number of hydrogen-bond acceptors (Lipinski definition) is 5. The van der Waals surface area contributed by atoms with Crippen molar-refractivity contribution in [2.75, 3.05) is 12.4 Å². The van der Waals surface area contributed by atoms with E-state index in [-0.39, 0.29) is 24.0 Å². The number of ketones is 1. The van der Waals surface area contributed by atoms with Gasteiger partial charge in [-0.25, -0.2) is 9.59 Å². The number of amides is 2. The van der Waals surface area contributed by atoms with Gasteiger partial charge in [-0.3, -0.25) is 4.79 Å². The molecule has 7 heteroatoms. The summed E-state index contributed by atoms with van der Waals surface area (Å²) >= 11 is 0. The molecule has 0 atom stereocenters. The van der Waals surface area contributed by atoms with Crippen LogP contribution in [0.1, 0.15) is 47.1 Å².